The van der Waals surface area contributed by atoms with Gasteiger partial charge in [0.25, 0.3) is 0 Å². The van der Waals surface area contributed by atoms with Crippen molar-refractivity contribution >= 4 is 69.4 Å². The molecule has 3 aromatic heterocycles. The Balaban J connectivity index is 0.000000185. The van der Waals surface area contributed by atoms with Gasteiger partial charge in [-0.2, -0.15) is 0 Å². The van der Waals surface area contributed by atoms with Crippen molar-refractivity contribution in [3.05, 3.63) is 211 Å². The van der Waals surface area contributed by atoms with Crippen molar-refractivity contribution in [1.82, 2.24) is 19.9 Å². The number of nitrogens with one attached hydrogen (secondary N) is 2. The van der Waals surface area contributed by atoms with E-state index in [0.717, 1.165) is 44.8 Å². The Morgan fingerprint density at radius 1 is 0.246 bits per heavy atom. The molecule has 0 unspecified atom stereocenters. The molecule has 2 aliphatic rings. The zero-order valence-electron chi connectivity index (χ0n) is 37.8. The first-order valence-corrected chi connectivity index (χ1v) is 20.8. The maximum Gasteiger partial charge on any atom is 0.316 e. The molecule has 9 rings (SSSR count). The van der Waals surface area contributed by atoms with E-state index in [-0.39, 0.29) is 23.1 Å². The van der Waals surface area contributed by atoms with Crippen LogP contribution in [0.5, 0.6) is 0 Å². The van der Waals surface area contributed by atoms with Gasteiger partial charge in [0.1, 0.15) is 0 Å². The summed E-state index contributed by atoms with van der Waals surface area (Å²) in [5, 5.41) is 0. The average molecular weight is 817 g/mol. The minimum Gasteiger partial charge on any atom is -0.355 e. The fourth-order valence-corrected chi connectivity index (χ4v) is 7.75. The standard InChI is InChI=1S/C20H14N4.4C9H12.Mg.2H/c1-2-14-10-16-5-6-18(23-16)12-20-8-7-19(24-20)11-17-4-3-15(22-17)9-13(1)21-14;4*1-7-4-8(2)6-9(3)5-7;;;/h1-12,21,24H;4*4-6H,1-3H3;;;. The Morgan fingerprint density at radius 3 is 0.541 bits per heavy atom. The van der Waals surface area contributed by atoms with Gasteiger partial charge in [0.2, 0.25) is 0 Å². The molecule has 5 heteroatoms. The van der Waals surface area contributed by atoms with Gasteiger partial charge in [0.15, 0.2) is 0 Å². The molecule has 5 heterocycles. The second-order valence-corrected chi connectivity index (χ2v) is 16.6. The molecule has 7 aromatic rings. The fourth-order valence-electron chi connectivity index (χ4n) is 7.75. The number of rotatable bonds is 0. The summed E-state index contributed by atoms with van der Waals surface area (Å²) in [4.78, 5) is 16.0. The highest BCUT2D eigenvalue weighted by molar-refractivity contribution is 5.77. The normalized spacial score (nSPS) is 10.7. The van der Waals surface area contributed by atoms with E-state index >= 15 is 0 Å². The summed E-state index contributed by atoms with van der Waals surface area (Å²) < 4.78 is 0. The van der Waals surface area contributed by atoms with Crippen LogP contribution in [0.1, 0.15) is 89.5 Å². The van der Waals surface area contributed by atoms with Gasteiger partial charge in [-0.05, 0) is 156 Å². The highest BCUT2D eigenvalue weighted by atomic mass is 24.3. The van der Waals surface area contributed by atoms with Crippen LogP contribution in [0.15, 0.2) is 121 Å². The van der Waals surface area contributed by atoms with Crippen LogP contribution in [0, 0.1) is 83.1 Å². The van der Waals surface area contributed by atoms with Crippen LogP contribution in [0.3, 0.4) is 0 Å². The largest absolute Gasteiger partial charge is 0.355 e. The predicted molar refractivity (Wildman–Crippen MR) is 270 cm³/mol. The van der Waals surface area contributed by atoms with Gasteiger partial charge in [-0.15, -0.1) is 0 Å². The number of nitrogens with zero attached hydrogens (tertiary/aromatic N) is 2. The van der Waals surface area contributed by atoms with Gasteiger partial charge in [-0.1, -0.05) is 140 Å². The van der Waals surface area contributed by atoms with Crippen molar-refractivity contribution in [3.63, 3.8) is 0 Å². The smallest absolute Gasteiger partial charge is 0.316 e. The number of aryl methyl sites for hydroxylation is 12. The van der Waals surface area contributed by atoms with Gasteiger partial charge in [0, 0.05) is 22.1 Å². The third-order valence-corrected chi connectivity index (χ3v) is 9.51. The Bertz CT molecular complexity index is 2220. The zero-order chi connectivity index (χ0) is 43.3. The first kappa shape index (κ1) is 47.9. The molecular weight excluding hydrogens is 753 g/mol. The molecule has 2 aliphatic heterocycles. The number of aromatic nitrogens is 4. The van der Waals surface area contributed by atoms with Gasteiger partial charge in [-0.25, -0.2) is 9.97 Å². The number of hydrogen-bond donors (Lipinski definition) is 2. The van der Waals surface area contributed by atoms with Crippen molar-refractivity contribution in [1.29, 1.82) is 0 Å². The molecule has 0 atom stereocenters. The van der Waals surface area contributed by atoms with E-state index in [1.807, 2.05) is 48.6 Å². The molecule has 310 valence electrons. The number of benzene rings is 4. The maximum atomic E-state index is 4.63. The minimum atomic E-state index is 0. The SMILES string of the molecule is C1=Cc2cc3ccc(cc4nc(cc5ccc(cc1n2)[nH]5)C=C4)[nH]3.Cc1cc(C)cc(C)c1.Cc1cc(C)cc(C)c1.Cc1cc(C)cc(C)c1.Cc1cc(C)cc(C)c1.[MgH2]. The lowest BCUT2D eigenvalue weighted by atomic mass is 10.1. The molecule has 0 aliphatic carbocycles. The molecule has 2 N–H and O–H groups in total. The molecule has 0 spiro atoms. The lowest BCUT2D eigenvalue weighted by molar-refractivity contribution is 1.31. The van der Waals surface area contributed by atoms with E-state index in [1.54, 1.807) is 0 Å². The molecule has 0 saturated heterocycles. The molecule has 0 radical (unpaired) electrons. The first-order valence-electron chi connectivity index (χ1n) is 20.8. The van der Waals surface area contributed by atoms with E-state index in [1.165, 1.54) is 66.8 Å². The maximum absolute atomic E-state index is 4.63. The molecule has 8 bridgehead atoms. The van der Waals surface area contributed by atoms with Crippen LogP contribution >= 0.6 is 0 Å². The third-order valence-electron chi connectivity index (χ3n) is 9.51. The van der Waals surface area contributed by atoms with E-state index in [9.17, 15) is 0 Å². The van der Waals surface area contributed by atoms with Crippen LogP contribution in [0.25, 0.3) is 46.4 Å². The number of hydrogen-bond acceptors (Lipinski definition) is 2. The Hall–Kier alpha value is -5.75. The van der Waals surface area contributed by atoms with Crippen LogP contribution in [0.2, 0.25) is 0 Å². The summed E-state index contributed by atoms with van der Waals surface area (Å²) in [7, 11) is 0. The summed E-state index contributed by atoms with van der Waals surface area (Å²) in [6, 6.07) is 42.6. The number of aromatic amines is 2. The van der Waals surface area contributed by atoms with Gasteiger partial charge >= 0.3 is 23.1 Å². The fraction of sp³-hybridized carbons (Fsp3) is 0.214. The van der Waals surface area contributed by atoms with Crippen LogP contribution in [-0.2, 0) is 0 Å². The molecule has 4 nitrogen and oxygen atoms in total. The summed E-state index contributed by atoms with van der Waals surface area (Å²) in [6.45, 7) is 25.5. The molecule has 4 aromatic carbocycles. The number of fused-ring (bicyclic) bond motifs is 8. The number of H-pyrrole nitrogens is 2. The quantitative estimate of drug-likeness (QED) is 0.150. The van der Waals surface area contributed by atoms with E-state index < -0.39 is 0 Å². The van der Waals surface area contributed by atoms with Crippen LogP contribution < -0.4 is 0 Å². The van der Waals surface area contributed by atoms with E-state index in [4.69, 9.17) is 0 Å². The summed E-state index contributed by atoms with van der Waals surface area (Å²) in [6.07, 6.45) is 8.09. The van der Waals surface area contributed by atoms with Crippen molar-refractivity contribution in [2.24, 2.45) is 0 Å². The molecular formula is C56H64MgN4. The second-order valence-electron chi connectivity index (χ2n) is 16.6. The Kier molecular flexibility index (Phi) is 17.9. The molecule has 0 fully saturated rings. The molecule has 0 saturated carbocycles. The Labute approximate surface area is 381 Å². The van der Waals surface area contributed by atoms with Crippen molar-refractivity contribution in [2.45, 2.75) is 83.1 Å². The summed E-state index contributed by atoms with van der Waals surface area (Å²) in [5.41, 5.74) is 24.1. The topological polar surface area (TPSA) is 57.4 Å². The molecule has 61 heavy (non-hydrogen) atoms. The van der Waals surface area contributed by atoms with Crippen LogP contribution in [0.4, 0.5) is 0 Å². The van der Waals surface area contributed by atoms with Gasteiger partial charge in [0.05, 0.1) is 22.8 Å². The van der Waals surface area contributed by atoms with Crippen molar-refractivity contribution in [3.8, 4) is 0 Å². The highest BCUT2D eigenvalue weighted by Crippen LogP contribution is 2.17. The highest BCUT2D eigenvalue weighted by Gasteiger charge is 2.01. The molecule has 0 amide bonds. The van der Waals surface area contributed by atoms with Crippen LogP contribution in [-0.4, -0.2) is 43.0 Å². The van der Waals surface area contributed by atoms with E-state index in [2.05, 4.69) is 200 Å². The average Bonchev–Trinajstić information content (AvgIpc) is 3.94. The van der Waals surface area contributed by atoms with Gasteiger partial charge in [-0.3, -0.25) is 0 Å². The minimum absolute atomic E-state index is 0. The lowest BCUT2D eigenvalue weighted by Crippen LogP contribution is -1.78. The van der Waals surface area contributed by atoms with Crippen molar-refractivity contribution in [2.75, 3.05) is 0 Å². The third kappa shape index (κ3) is 16.7. The van der Waals surface area contributed by atoms with Gasteiger partial charge < -0.3 is 9.97 Å². The predicted octanol–water partition coefficient (Wildman–Crippen LogP) is 14.2. The summed E-state index contributed by atoms with van der Waals surface area (Å²) >= 11 is 0. The first-order chi connectivity index (χ1) is 28.5. The zero-order valence-corrected chi connectivity index (χ0v) is 37.8. The van der Waals surface area contributed by atoms with E-state index in [0.29, 0.717) is 0 Å². The lowest BCUT2D eigenvalue weighted by Gasteiger charge is -1.96. The monoisotopic (exact) mass is 816 g/mol. The van der Waals surface area contributed by atoms with Crippen molar-refractivity contribution < 1.29 is 0 Å². The Morgan fingerprint density at radius 2 is 0.393 bits per heavy atom. The second kappa shape index (κ2) is 22.7. The summed E-state index contributed by atoms with van der Waals surface area (Å²) in [5.74, 6) is 0.